The topological polar surface area (TPSA) is 111 Å². The predicted octanol–water partition coefficient (Wildman–Crippen LogP) is 5.89. The molecule has 0 bridgehead atoms. The zero-order chi connectivity index (χ0) is 32.0. The van der Waals surface area contributed by atoms with Crippen molar-refractivity contribution in [3.05, 3.63) is 118 Å². The summed E-state index contributed by atoms with van der Waals surface area (Å²) in [6, 6.07) is 23.9. The van der Waals surface area contributed by atoms with Crippen molar-refractivity contribution in [3.63, 3.8) is 0 Å². The second-order valence-electron chi connectivity index (χ2n) is 10.1. The molecule has 0 spiro atoms. The van der Waals surface area contributed by atoms with Crippen LogP contribution >= 0.6 is 23.1 Å². The van der Waals surface area contributed by atoms with Gasteiger partial charge in [0.25, 0.3) is 11.8 Å². The minimum absolute atomic E-state index is 0.00235. The summed E-state index contributed by atoms with van der Waals surface area (Å²) in [6.45, 7) is 0.0584. The summed E-state index contributed by atoms with van der Waals surface area (Å²) in [7, 11) is 3.11. The van der Waals surface area contributed by atoms with Crippen LogP contribution in [0.5, 0.6) is 11.5 Å². The average molecular weight is 657 g/mol. The monoisotopic (exact) mass is 656 g/mol. The summed E-state index contributed by atoms with van der Waals surface area (Å²) in [5, 5.41) is 20.2. The Morgan fingerprint density at radius 2 is 1.83 bits per heavy atom. The fourth-order valence-electron chi connectivity index (χ4n) is 5.06. The van der Waals surface area contributed by atoms with Gasteiger partial charge in [-0.05, 0) is 59.5 Å². The van der Waals surface area contributed by atoms with Crippen molar-refractivity contribution in [2.24, 2.45) is 5.10 Å². The maximum absolute atomic E-state index is 13.8. The van der Waals surface area contributed by atoms with Gasteiger partial charge in [-0.15, -0.1) is 21.5 Å². The van der Waals surface area contributed by atoms with Gasteiger partial charge in [-0.3, -0.25) is 14.2 Å². The van der Waals surface area contributed by atoms with E-state index in [0.29, 0.717) is 40.2 Å². The Morgan fingerprint density at radius 1 is 1.00 bits per heavy atom. The van der Waals surface area contributed by atoms with Gasteiger partial charge in [0.05, 0.1) is 48.8 Å². The van der Waals surface area contributed by atoms with E-state index in [-0.39, 0.29) is 36.0 Å². The molecule has 0 saturated carbocycles. The molecule has 1 N–H and O–H groups in total. The molecule has 2 amide bonds. The van der Waals surface area contributed by atoms with Crippen LogP contribution in [0.3, 0.4) is 0 Å². The van der Waals surface area contributed by atoms with Gasteiger partial charge in [0.15, 0.2) is 11.0 Å². The van der Waals surface area contributed by atoms with Crippen LogP contribution in [-0.4, -0.2) is 57.3 Å². The Labute approximate surface area is 272 Å². The molecule has 5 aromatic rings. The minimum Gasteiger partial charge on any atom is -0.497 e. The molecule has 234 valence electrons. The average Bonchev–Trinajstić information content (AvgIpc) is 3.87. The summed E-state index contributed by atoms with van der Waals surface area (Å²) in [4.78, 5) is 27.7. The Bertz CT molecular complexity index is 1880. The van der Waals surface area contributed by atoms with E-state index in [9.17, 15) is 14.0 Å². The minimum atomic E-state index is -0.375. The zero-order valence-corrected chi connectivity index (χ0v) is 26.6. The Hall–Kier alpha value is -5.01. The fourth-order valence-corrected chi connectivity index (χ4v) is 6.60. The van der Waals surface area contributed by atoms with Crippen molar-refractivity contribution in [2.75, 3.05) is 20.0 Å². The number of carbonyl (C=O) groups excluding carboxylic acids is 2. The maximum Gasteiger partial charge on any atom is 0.253 e. The quantitative estimate of drug-likeness (QED) is 0.177. The van der Waals surface area contributed by atoms with E-state index in [1.807, 2.05) is 41.8 Å². The number of amides is 2. The van der Waals surface area contributed by atoms with Crippen LogP contribution in [0, 0.1) is 5.82 Å². The lowest BCUT2D eigenvalue weighted by Gasteiger charge is -2.22. The molecule has 2 aromatic heterocycles. The number of hydrogen-bond acceptors (Lipinski definition) is 9. The third-order valence-electron chi connectivity index (χ3n) is 7.32. The molecule has 13 heteroatoms. The highest BCUT2D eigenvalue weighted by molar-refractivity contribution is 7.99. The number of para-hydroxylation sites is 2. The molecule has 1 aliphatic rings. The fraction of sp³-hybridized carbons (Fsp3) is 0.182. The van der Waals surface area contributed by atoms with E-state index < -0.39 is 0 Å². The number of hydrogen-bond donors (Lipinski definition) is 1. The van der Waals surface area contributed by atoms with Gasteiger partial charge in [0, 0.05) is 12.0 Å². The number of methoxy groups -OCH3 is 2. The van der Waals surface area contributed by atoms with Crippen molar-refractivity contribution in [2.45, 2.75) is 24.2 Å². The molecule has 1 atom stereocenters. The van der Waals surface area contributed by atoms with E-state index in [4.69, 9.17) is 14.6 Å². The second-order valence-corrected chi connectivity index (χ2v) is 12.0. The first-order chi connectivity index (χ1) is 22.4. The number of thioether (sulfide) groups is 1. The first-order valence-corrected chi connectivity index (χ1v) is 16.1. The number of rotatable bonds is 11. The molecule has 3 heterocycles. The van der Waals surface area contributed by atoms with Crippen LogP contribution < -0.4 is 14.8 Å². The summed E-state index contributed by atoms with van der Waals surface area (Å²) < 4.78 is 26.4. The van der Waals surface area contributed by atoms with Crippen molar-refractivity contribution in [1.29, 1.82) is 0 Å². The van der Waals surface area contributed by atoms with Crippen LogP contribution in [0.2, 0.25) is 0 Å². The third kappa shape index (κ3) is 6.65. The number of hydrazone groups is 1. The maximum atomic E-state index is 13.8. The molecule has 46 heavy (non-hydrogen) atoms. The van der Waals surface area contributed by atoms with Crippen molar-refractivity contribution >= 4 is 40.6 Å². The SMILES string of the molecule is COc1cccc(C(=O)NCc2nnc(SCC(=O)N3N=C(c4cccs4)C[C@H]3c3ccc(F)cc3)n2-c2ccccc2OC)c1. The molecular formula is C33H29FN6O4S2. The number of halogens is 1. The van der Waals surface area contributed by atoms with Gasteiger partial charge in [0.2, 0.25) is 0 Å². The van der Waals surface area contributed by atoms with Crippen LogP contribution in [0.1, 0.15) is 39.1 Å². The van der Waals surface area contributed by atoms with Gasteiger partial charge in [-0.25, -0.2) is 9.40 Å². The van der Waals surface area contributed by atoms with Crippen molar-refractivity contribution < 1.29 is 23.5 Å². The predicted molar refractivity (Wildman–Crippen MR) is 174 cm³/mol. The highest BCUT2D eigenvalue weighted by atomic mass is 32.2. The van der Waals surface area contributed by atoms with Crippen molar-refractivity contribution in [1.82, 2.24) is 25.1 Å². The number of thiophene rings is 1. The highest BCUT2D eigenvalue weighted by Crippen LogP contribution is 2.35. The molecule has 0 saturated heterocycles. The number of ether oxygens (including phenoxy) is 2. The largest absolute Gasteiger partial charge is 0.497 e. The lowest BCUT2D eigenvalue weighted by molar-refractivity contribution is -0.130. The number of carbonyl (C=O) groups is 2. The molecule has 6 rings (SSSR count). The van der Waals surface area contributed by atoms with Gasteiger partial charge in [-0.2, -0.15) is 5.10 Å². The van der Waals surface area contributed by atoms with Crippen LogP contribution in [-0.2, 0) is 11.3 Å². The first kappa shape index (κ1) is 31.0. The van der Waals surface area contributed by atoms with E-state index in [0.717, 1.165) is 16.2 Å². The molecule has 0 unspecified atom stereocenters. The van der Waals surface area contributed by atoms with E-state index in [1.165, 1.54) is 28.9 Å². The summed E-state index contributed by atoms with van der Waals surface area (Å²) >= 11 is 2.75. The number of nitrogens with one attached hydrogen (secondary N) is 1. The number of aromatic nitrogens is 3. The smallest absolute Gasteiger partial charge is 0.253 e. The third-order valence-corrected chi connectivity index (χ3v) is 9.15. The summed E-state index contributed by atoms with van der Waals surface area (Å²) in [5.74, 6) is 0.686. The van der Waals surface area contributed by atoms with Crippen LogP contribution in [0.25, 0.3) is 5.69 Å². The van der Waals surface area contributed by atoms with E-state index in [2.05, 4.69) is 15.5 Å². The van der Waals surface area contributed by atoms with Gasteiger partial charge >= 0.3 is 0 Å². The molecule has 0 radical (unpaired) electrons. The highest BCUT2D eigenvalue weighted by Gasteiger charge is 2.34. The summed E-state index contributed by atoms with van der Waals surface area (Å²) in [5.41, 5.74) is 2.68. The number of benzene rings is 3. The molecule has 3 aromatic carbocycles. The molecule has 0 aliphatic carbocycles. The molecular weight excluding hydrogens is 628 g/mol. The first-order valence-electron chi connectivity index (χ1n) is 14.3. The molecule has 10 nitrogen and oxygen atoms in total. The van der Waals surface area contributed by atoms with Gasteiger partial charge in [-0.1, -0.05) is 48.2 Å². The van der Waals surface area contributed by atoms with E-state index in [1.54, 1.807) is 66.5 Å². The molecule has 0 fully saturated rings. The molecule has 1 aliphatic heterocycles. The second kappa shape index (κ2) is 14.0. The van der Waals surface area contributed by atoms with E-state index >= 15 is 0 Å². The number of nitrogens with zero attached hydrogens (tertiary/aromatic N) is 5. The lowest BCUT2D eigenvalue weighted by Crippen LogP contribution is -2.28. The Morgan fingerprint density at radius 3 is 2.59 bits per heavy atom. The van der Waals surface area contributed by atoms with Gasteiger partial charge < -0.3 is 14.8 Å². The lowest BCUT2D eigenvalue weighted by atomic mass is 10.0. The zero-order valence-electron chi connectivity index (χ0n) is 24.9. The van der Waals surface area contributed by atoms with Crippen LogP contribution in [0.15, 0.2) is 101 Å². The van der Waals surface area contributed by atoms with Crippen LogP contribution in [0.4, 0.5) is 4.39 Å². The Kier molecular flexibility index (Phi) is 9.41. The Balaban J connectivity index is 1.25. The summed E-state index contributed by atoms with van der Waals surface area (Å²) in [6.07, 6.45) is 0.511. The van der Waals surface area contributed by atoms with Gasteiger partial charge in [0.1, 0.15) is 17.3 Å². The normalized spacial score (nSPS) is 14.2. The van der Waals surface area contributed by atoms with Crippen molar-refractivity contribution in [3.8, 4) is 17.2 Å². The standard InChI is InChI=1S/C33H29FN6O4S2/c1-43-24-8-5-7-22(17-24)32(42)35-19-30-36-37-33(39(30)26-9-3-4-10-28(26)44-2)46-20-31(41)40-27(21-12-14-23(34)15-13-21)18-25(38-40)29-11-6-16-45-29/h3-17,27H,18-20H2,1-2H3,(H,35,42)/t27-/m0/s1.